The monoisotopic (exact) mass is 338 g/mol. The summed E-state index contributed by atoms with van der Waals surface area (Å²) in [6.45, 7) is 6.97. The molecule has 3 rings (SSSR count). The minimum absolute atomic E-state index is 0.333. The Kier molecular flexibility index (Phi) is 6.93. The molecule has 1 heteroatoms. The fraction of sp³-hybridized carbons (Fsp3) is 0.583. The molecule has 0 bridgehead atoms. The van der Waals surface area contributed by atoms with Gasteiger partial charge in [-0.3, -0.25) is 0 Å². The van der Waals surface area contributed by atoms with Gasteiger partial charge in [0.1, 0.15) is 0 Å². The molecule has 136 valence electrons. The first-order valence-corrected chi connectivity index (χ1v) is 10.3. The van der Waals surface area contributed by atoms with Crippen LogP contribution in [0.1, 0.15) is 68.9 Å². The minimum atomic E-state index is 0.333. The van der Waals surface area contributed by atoms with Gasteiger partial charge in [0.2, 0.25) is 0 Å². The summed E-state index contributed by atoms with van der Waals surface area (Å²) in [5.41, 5.74) is 3.03. The Morgan fingerprint density at radius 3 is 2.28 bits per heavy atom. The molecule has 0 aromatic heterocycles. The third-order valence-electron chi connectivity index (χ3n) is 6.04. The first-order chi connectivity index (χ1) is 12.3. The zero-order chi connectivity index (χ0) is 17.5. The van der Waals surface area contributed by atoms with Crippen molar-refractivity contribution in [3.05, 3.63) is 60.2 Å². The van der Waals surface area contributed by atoms with Crippen LogP contribution >= 0.6 is 0 Å². The van der Waals surface area contributed by atoms with Crippen molar-refractivity contribution in [1.82, 2.24) is 0 Å². The Hall–Kier alpha value is -1.34. The fourth-order valence-electron chi connectivity index (χ4n) is 4.30. The molecule has 2 aliphatic rings. The van der Waals surface area contributed by atoms with Crippen LogP contribution in [0.2, 0.25) is 0 Å². The van der Waals surface area contributed by atoms with E-state index in [9.17, 15) is 0 Å². The van der Waals surface area contributed by atoms with Crippen molar-refractivity contribution in [3.8, 4) is 0 Å². The molecule has 0 N–H and O–H groups in total. The minimum Gasteiger partial charge on any atom is -0.374 e. The number of hydrogen-bond acceptors (Lipinski definition) is 1. The highest BCUT2D eigenvalue weighted by Gasteiger charge is 2.22. The molecule has 1 nitrogen and oxygen atoms in total. The van der Waals surface area contributed by atoms with Crippen molar-refractivity contribution < 1.29 is 4.74 Å². The van der Waals surface area contributed by atoms with Gasteiger partial charge in [-0.2, -0.15) is 0 Å². The molecule has 25 heavy (non-hydrogen) atoms. The molecule has 1 aliphatic heterocycles. The first kappa shape index (κ1) is 18.5. The van der Waals surface area contributed by atoms with Gasteiger partial charge in [0.05, 0.1) is 12.7 Å². The second-order valence-corrected chi connectivity index (χ2v) is 7.93. The summed E-state index contributed by atoms with van der Waals surface area (Å²) >= 11 is 0. The van der Waals surface area contributed by atoms with Gasteiger partial charge < -0.3 is 4.74 Å². The van der Waals surface area contributed by atoms with Crippen molar-refractivity contribution in [1.29, 1.82) is 0 Å². The van der Waals surface area contributed by atoms with Gasteiger partial charge in [-0.15, -0.1) is 6.58 Å². The van der Waals surface area contributed by atoms with E-state index in [-0.39, 0.29) is 0 Å². The third kappa shape index (κ3) is 5.31. The largest absolute Gasteiger partial charge is 0.374 e. The lowest BCUT2D eigenvalue weighted by Crippen LogP contribution is -2.23. The molecule has 0 radical (unpaired) electrons. The van der Waals surface area contributed by atoms with Crippen LogP contribution < -0.4 is 0 Å². The Morgan fingerprint density at radius 1 is 0.960 bits per heavy atom. The number of rotatable bonds is 6. The smallest absolute Gasteiger partial charge is 0.0756 e. The van der Waals surface area contributed by atoms with E-state index in [0.29, 0.717) is 12.0 Å². The van der Waals surface area contributed by atoms with Crippen LogP contribution in [-0.2, 0) is 11.2 Å². The number of ether oxygens (including phenoxy) is 1. The Morgan fingerprint density at radius 2 is 1.68 bits per heavy atom. The molecule has 2 atom stereocenters. The summed E-state index contributed by atoms with van der Waals surface area (Å²) in [5.74, 6) is 2.07. The van der Waals surface area contributed by atoms with Crippen LogP contribution in [-0.4, -0.2) is 12.7 Å². The number of allylic oxidation sites excluding steroid dienone is 1. The molecule has 1 aromatic carbocycles. The summed E-state index contributed by atoms with van der Waals surface area (Å²) < 4.78 is 5.94. The molecule has 0 spiro atoms. The van der Waals surface area contributed by atoms with Gasteiger partial charge in [-0.1, -0.05) is 55.8 Å². The van der Waals surface area contributed by atoms with E-state index in [1.54, 1.807) is 5.56 Å². The van der Waals surface area contributed by atoms with Crippen molar-refractivity contribution in [2.45, 2.75) is 70.3 Å². The second-order valence-electron chi connectivity index (χ2n) is 7.93. The van der Waals surface area contributed by atoms with Crippen molar-refractivity contribution >= 4 is 0 Å². The van der Waals surface area contributed by atoms with Gasteiger partial charge in [-0.05, 0) is 67.9 Å². The van der Waals surface area contributed by atoms with E-state index in [0.717, 1.165) is 24.9 Å². The molecule has 1 saturated heterocycles. The predicted octanol–water partition coefficient (Wildman–Crippen LogP) is 6.45. The Balaban J connectivity index is 1.44. The predicted molar refractivity (Wildman–Crippen MR) is 107 cm³/mol. The lowest BCUT2D eigenvalue weighted by molar-refractivity contribution is 0.0242. The van der Waals surface area contributed by atoms with E-state index in [1.807, 2.05) is 6.08 Å². The highest BCUT2D eigenvalue weighted by atomic mass is 16.5. The maximum Gasteiger partial charge on any atom is 0.0756 e. The van der Waals surface area contributed by atoms with Gasteiger partial charge in [0.15, 0.2) is 0 Å². The van der Waals surface area contributed by atoms with Crippen LogP contribution in [0.15, 0.2) is 49.1 Å². The van der Waals surface area contributed by atoms with Crippen molar-refractivity contribution in [2.24, 2.45) is 11.8 Å². The van der Waals surface area contributed by atoms with Crippen LogP contribution in [0.3, 0.4) is 0 Å². The number of benzene rings is 1. The zero-order valence-corrected chi connectivity index (χ0v) is 15.8. The van der Waals surface area contributed by atoms with E-state index in [2.05, 4.69) is 49.9 Å². The summed E-state index contributed by atoms with van der Waals surface area (Å²) in [5, 5.41) is 0. The van der Waals surface area contributed by atoms with Crippen molar-refractivity contribution in [2.75, 3.05) is 6.61 Å². The molecule has 2 unspecified atom stereocenters. The van der Waals surface area contributed by atoms with Gasteiger partial charge in [0.25, 0.3) is 0 Å². The first-order valence-electron chi connectivity index (χ1n) is 10.3. The topological polar surface area (TPSA) is 9.23 Å². The van der Waals surface area contributed by atoms with E-state index in [4.69, 9.17) is 4.74 Å². The Bertz CT molecular complexity index is 540. The maximum absolute atomic E-state index is 5.94. The number of hydrogen-bond donors (Lipinski definition) is 0. The molecule has 1 aliphatic carbocycles. The molecule has 1 heterocycles. The zero-order valence-electron chi connectivity index (χ0n) is 15.8. The molecular formula is C24H34O. The van der Waals surface area contributed by atoms with Crippen molar-refractivity contribution in [3.63, 3.8) is 0 Å². The van der Waals surface area contributed by atoms with Crippen LogP contribution in [0.4, 0.5) is 0 Å². The fourth-order valence-corrected chi connectivity index (χ4v) is 4.30. The highest BCUT2D eigenvalue weighted by Crippen LogP contribution is 2.36. The standard InChI is InChI=1S/C24H34O/c1-3-5-20-6-12-22(13-7-20)23-14-8-21(9-15-23)11-17-24-16-10-19(4-2)18-25-24/h4,6-7,11-13,17,19,21,23-24H,2-3,5,8-10,14-16,18H2,1H3/b17-11+. The quantitative estimate of drug-likeness (QED) is 0.542. The molecule has 0 amide bonds. The van der Waals surface area contributed by atoms with E-state index in [1.165, 1.54) is 50.5 Å². The lowest BCUT2D eigenvalue weighted by Gasteiger charge is -2.28. The van der Waals surface area contributed by atoms with Gasteiger partial charge in [-0.25, -0.2) is 0 Å². The second kappa shape index (κ2) is 9.38. The third-order valence-corrected chi connectivity index (χ3v) is 6.04. The Labute approximate surface area is 154 Å². The van der Waals surface area contributed by atoms with Crippen LogP contribution in [0.25, 0.3) is 0 Å². The van der Waals surface area contributed by atoms with Gasteiger partial charge in [0, 0.05) is 5.92 Å². The lowest BCUT2D eigenvalue weighted by atomic mass is 9.78. The van der Waals surface area contributed by atoms with E-state index >= 15 is 0 Å². The van der Waals surface area contributed by atoms with Gasteiger partial charge >= 0.3 is 0 Å². The highest BCUT2D eigenvalue weighted by molar-refractivity contribution is 5.26. The average molecular weight is 339 g/mol. The average Bonchev–Trinajstić information content (AvgIpc) is 2.68. The van der Waals surface area contributed by atoms with Crippen LogP contribution in [0.5, 0.6) is 0 Å². The molecular weight excluding hydrogens is 304 g/mol. The summed E-state index contributed by atoms with van der Waals surface area (Å²) in [7, 11) is 0. The molecule has 1 saturated carbocycles. The summed E-state index contributed by atoms with van der Waals surface area (Å²) in [4.78, 5) is 0. The summed E-state index contributed by atoms with van der Waals surface area (Å²) in [6.07, 6.45) is 17.2. The summed E-state index contributed by atoms with van der Waals surface area (Å²) in [6, 6.07) is 9.42. The number of aryl methyl sites for hydroxylation is 1. The molecule has 1 aromatic rings. The maximum atomic E-state index is 5.94. The van der Waals surface area contributed by atoms with Crippen LogP contribution in [0, 0.1) is 11.8 Å². The van der Waals surface area contributed by atoms with E-state index < -0.39 is 0 Å². The normalized spacial score (nSPS) is 30.4. The molecule has 2 fully saturated rings. The SMILES string of the molecule is C=CC1CCC(/C=C/C2CCC(c3ccc(CCC)cc3)CC2)OC1.